The predicted octanol–water partition coefficient (Wildman–Crippen LogP) is 5.69. The fourth-order valence-corrected chi connectivity index (χ4v) is 9.79. The summed E-state index contributed by atoms with van der Waals surface area (Å²) >= 11 is 2.85. The lowest BCUT2D eigenvalue weighted by atomic mass is 10.1. The standard InChI is InChI=1S/C36H39N7O6S3/c1-23-34(24-15-25(42-8-12-46-13-9-42)17-29(16-24)52(44,45)28-7-11-47-22-28)51-36(39-23)41-33-21-43(10-14-48-33)32-19-27(49-26-5-3-2-4-6-26)18-30(40-32)31-20-38-35(37)50-31/h2-6,15-20,28,33H,7-14,21-22H2,1H3,(H2,37,38)(H,39,41)/t28-,33?/m1/s1. The lowest BCUT2D eigenvalue weighted by Crippen LogP contribution is -2.46. The van der Waals surface area contributed by atoms with Gasteiger partial charge in [0.2, 0.25) is 0 Å². The summed E-state index contributed by atoms with van der Waals surface area (Å²) in [5.74, 6) is 2.11. The van der Waals surface area contributed by atoms with Crippen LogP contribution in [0.2, 0.25) is 0 Å². The quantitative estimate of drug-likeness (QED) is 0.179. The van der Waals surface area contributed by atoms with Crippen LogP contribution in [0.15, 0.2) is 71.8 Å². The molecule has 2 atom stereocenters. The number of nitrogens with one attached hydrogen (secondary N) is 1. The van der Waals surface area contributed by atoms with E-state index in [0.717, 1.165) is 44.0 Å². The minimum atomic E-state index is -3.60. The minimum absolute atomic E-state index is 0.215. The van der Waals surface area contributed by atoms with Crippen molar-refractivity contribution in [3.8, 4) is 32.5 Å². The summed E-state index contributed by atoms with van der Waals surface area (Å²) in [6, 6.07) is 19.1. The molecule has 272 valence electrons. The van der Waals surface area contributed by atoms with Gasteiger partial charge in [0.05, 0.1) is 64.3 Å². The Kier molecular flexibility index (Phi) is 10.00. The van der Waals surface area contributed by atoms with Crippen LogP contribution < -0.4 is 25.6 Å². The molecule has 13 nitrogen and oxygen atoms in total. The fourth-order valence-electron chi connectivity index (χ4n) is 6.51. The van der Waals surface area contributed by atoms with Crippen LogP contribution in [0.5, 0.6) is 11.5 Å². The molecule has 6 heterocycles. The molecule has 3 N–H and O–H groups in total. The Bertz CT molecular complexity index is 2130. The number of aryl methyl sites for hydroxylation is 1. The first-order valence-electron chi connectivity index (χ1n) is 17.2. The number of benzene rings is 2. The third kappa shape index (κ3) is 7.58. The van der Waals surface area contributed by atoms with Gasteiger partial charge >= 0.3 is 0 Å². The average molecular weight is 762 g/mol. The molecule has 2 aromatic carbocycles. The van der Waals surface area contributed by atoms with E-state index in [0.29, 0.717) is 79.9 Å². The van der Waals surface area contributed by atoms with Crippen molar-refractivity contribution in [2.75, 3.05) is 80.1 Å². The van der Waals surface area contributed by atoms with E-state index in [1.54, 1.807) is 18.3 Å². The van der Waals surface area contributed by atoms with Gasteiger partial charge in [-0.2, -0.15) is 0 Å². The van der Waals surface area contributed by atoms with Crippen LogP contribution in [0.1, 0.15) is 12.1 Å². The third-order valence-corrected chi connectivity index (χ3v) is 13.3. The Morgan fingerprint density at radius 2 is 1.75 bits per heavy atom. The molecular formula is C36H39N7O6S3. The number of thiazole rings is 2. The highest BCUT2D eigenvalue weighted by Crippen LogP contribution is 2.39. The zero-order valence-corrected chi connectivity index (χ0v) is 31.0. The lowest BCUT2D eigenvalue weighted by Gasteiger charge is -2.34. The van der Waals surface area contributed by atoms with E-state index in [1.165, 1.54) is 22.7 Å². The molecule has 5 aromatic rings. The summed E-state index contributed by atoms with van der Waals surface area (Å²) in [6.45, 7) is 6.78. The molecule has 3 aromatic heterocycles. The highest BCUT2D eigenvalue weighted by molar-refractivity contribution is 7.92. The highest BCUT2D eigenvalue weighted by Gasteiger charge is 2.33. The van der Waals surface area contributed by atoms with Crippen molar-refractivity contribution in [1.82, 2.24) is 15.0 Å². The van der Waals surface area contributed by atoms with E-state index >= 15 is 0 Å². The summed E-state index contributed by atoms with van der Waals surface area (Å²) in [5, 5.41) is 4.08. The summed E-state index contributed by atoms with van der Waals surface area (Å²) in [7, 11) is -3.60. The Balaban J connectivity index is 1.05. The van der Waals surface area contributed by atoms with Gasteiger partial charge in [0, 0.05) is 50.3 Å². The first-order chi connectivity index (χ1) is 25.3. The average Bonchev–Trinajstić information content (AvgIpc) is 3.95. The molecule has 0 saturated carbocycles. The van der Waals surface area contributed by atoms with Gasteiger partial charge in [-0.15, -0.1) is 0 Å². The van der Waals surface area contributed by atoms with Crippen molar-refractivity contribution in [2.45, 2.75) is 29.7 Å². The van der Waals surface area contributed by atoms with Crippen LogP contribution >= 0.6 is 22.7 Å². The number of para-hydroxylation sites is 1. The molecule has 0 aliphatic carbocycles. The number of pyridine rings is 1. The Hall–Kier alpha value is -4.32. The van der Waals surface area contributed by atoms with Crippen molar-refractivity contribution in [1.29, 1.82) is 0 Å². The van der Waals surface area contributed by atoms with Crippen LogP contribution in [0.4, 0.5) is 21.8 Å². The van der Waals surface area contributed by atoms with Gasteiger partial charge in [-0.25, -0.2) is 23.4 Å². The molecule has 1 unspecified atom stereocenters. The number of anilines is 4. The number of hydrogen-bond donors (Lipinski definition) is 2. The molecule has 0 radical (unpaired) electrons. The van der Waals surface area contributed by atoms with E-state index < -0.39 is 15.1 Å². The Morgan fingerprint density at radius 1 is 0.923 bits per heavy atom. The van der Waals surface area contributed by atoms with Crippen molar-refractivity contribution < 1.29 is 27.4 Å². The zero-order chi connectivity index (χ0) is 35.7. The largest absolute Gasteiger partial charge is 0.457 e. The van der Waals surface area contributed by atoms with Crippen molar-refractivity contribution in [2.24, 2.45) is 0 Å². The Morgan fingerprint density at radius 3 is 2.52 bits per heavy atom. The molecule has 0 spiro atoms. The zero-order valence-electron chi connectivity index (χ0n) is 28.6. The van der Waals surface area contributed by atoms with Crippen molar-refractivity contribution >= 4 is 54.3 Å². The van der Waals surface area contributed by atoms with Gasteiger partial charge in [-0.1, -0.05) is 40.9 Å². The number of hydrogen-bond acceptors (Lipinski definition) is 15. The molecule has 3 fully saturated rings. The summed E-state index contributed by atoms with van der Waals surface area (Å²) in [4.78, 5) is 20.4. The molecule has 3 aliphatic heterocycles. The van der Waals surface area contributed by atoms with Gasteiger partial charge in [0.1, 0.15) is 23.5 Å². The highest BCUT2D eigenvalue weighted by atomic mass is 32.2. The maximum absolute atomic E-state index is 13.8. The topological polar surface area (TPSA) is 154 Å². The van der Waals surface area contributed by atoms with E-state index in [4.69, 9.17) is 34.6 Å². The number of nitrogen functional groups attached to an aromatic ring is 1. The normalized spacial score (nSPS) is 19.6. The number of sulfone groups is 1. The van der Waals surface area contributed by atoms with E-state index in [9.17, 15) is 8.42 Å². The van der Waals surface area contributed by atoms with E-state index in [1.807, 2.05) is 49.4 Å². The van der Waals surface area contributed by atoms with Crippen LogP contribution in [-0.2, 0) is 24.0 Å². The second kappa shape index (κ2) is 15.0. The second-order valence-corrected chi connectivity index (χ2v) is 17.0. The number of nitrogens with zero attached hydrogens (tertiary/aromatic N) is 5. The van der Waals surface area contributed by atoms with E-state index in [2.05, 4.69) is 26.2 Å². The molecule has 0 bridgehead atoms. The predicted molar refractivity (Wildman–Crippen MR) is 204 cm³/mol. The monoisotopic (exact) mass is 761 g/mol. The van der Waals surface area contributed by atoms with Crippen molar-refractivity contribution in [3.63, 3.8) is 0 Å². The summed E-state index contributed by atoms with van der Waals surface area (Å²) in [6.07, 6.45) is 1.84. The summed E-state index contributed by atoms with van der Waals surface area (Å²) < 4.78 is 51.0. The number of rotatable bonds is 10. The van der Waals surface area contributed by atoms with Gasteiger partial charge in [0.15, 0.2) is 20.1 Å². The fraction of sp³-hybridized carbons (Fsp3) is 0.361. The summed E-state index contributed by atoms with van der Waals surface area (Å²) in [5.41, 5.74) is 9.15. The first-order valence-corrected chi connectivity index (χ1v) is 20.3. The van der Waals surface area contributed by atoms with Crippen LogP contribution in [0.25, 0.3) is 21.0 Å². The third-order valence-electron chi connectivity index (χ3n) is 9.20. The molecule has 52 heavy (non-hydrogen) atoms. The molecule has 8 rings (SSSR count). The minimum Gasteiger partial charge on any atom is -0.457 e. The van der Waals surface area contributed by atoms with Crippen LogP contribution in [0.3, 0.4) is 0 Å². The van der Waals surface area contributed by atoms with Gasteiger partial charge in [-0.05, 0) is 49.2 Å². The van der Waals surface area contributed by atoms with Crippen LogP contribution in [0, 0.1) is 6.92 Å². The van der Waals surface area contributed by atoms with Gasteiger partial charge < -0.3 is 39.8 Å². The number of nitrogens with two attached hydrogens (primary N) is 1. The first kappa shape index (κ1) is 34.7. The maximum atomic E-state index is 13.8. The molecular weight excluding hydrogens is 723 g/mol. The molecule has 3 aliphatic rings. The molecule has 16 heteroatoms. The number of morpholine rings is 2. The Labute approximate surface area is 310 Å². The van der Waals surface area contributed by atoms with Gasteiger partial charge in [0.25, 0.3) is 0 Å². The molecule has 3 saturated heterocycles. The van der Waals surface area contributed by atoms with Gasteiger partial charge in [-0.3, -0.25) is 0 Å². The number of ether oxygens (including phenoxy) is 4. The SMILES string of the molecule is Cc1nc(NC2CN(c3cc(Oc4ccccc4)cc(-c4cnc(N)s4)n3)CCO2)sc1-c1cc(N2CCOCC2)cc(S(=O)(=O)[C@@H]2CCOC2)c1. The molecule has 0 amide bonds. The second-order valence-electron chi connectivity index (χ2n) is 12.8. The maximum Gasteiger partial charge on any atom is 0.185 e. The lowest BCUT2D eigenvalue weighted by molar-refractivity contribution is 0.0588. The number of aromatic nitrogens is 3. The van der Waals surface area contributed by atoms with E-state index in [-0.39, 0.29) is 12.8 Å². The van der Waals surface area contributed by atoms with Crippen molar-refractivity contribution in [3.05, 3.63) is 72.6 Å². The van der Waals surface area contributed by atoms with Crippen LogP contribution in [-0.4, -0.2) is 94.1 Å². The smallest absolute Gasteiger partial charge is 0.185 e.